The summed E-state index contributed by atoms with van der Waals surface area (Å²) in [7, 11) is 0. The SMILES string of the molecule is CC1(C)C[C@@](CC[NH2+]Cc2ccccc2)(c2ccccc2)CCO1. The van der Waals surface area contributed by atoms with E-state index < -0.39 is 0 Å². The predicted octanol–water partition coefficient (Wildman–Crippen LogP) is 3.67. The normalized spacial score (nSPS) is 23.1. The third-order valence-corrected chi connectivity index (χ3v) is 5.27. The molecule has 1 saturated heterocycles. The molecule has 0 unspecified atom stereocenters. The summed E-state index contributed by atoms with van der Waals surface area (Å²) >= 11 is 0. The lowest BCUT2D eigenvalue weighted by molar-refractivity contribution is -0.672. The zero-order valence-electron chi connectivity index (χ0n) is 15.0. The Kier molecular flexibility index (Phi) is 5.37. The second kappa shape index (κ2) is 7.50. The van der Waals surface area contributed by atoms with Gasteiger partial charge in [0.05, 0.1) is 12.1 Å². The van der Waals surface area contributed by atoms with Crippen molar-refractivity contribution in [2.75, 3.05) is 13.2 Å². The highest BCUT2D eigenvalue weighted by molar-refractivity contribution is 5.27. The molecule has 0 radical (unpaired) electrons. The molecule has 2 N–H and O–H groups in total. The van der Waals surface area contributed by atoms with Crippen LogP contribution in [0.3, 0.4) is 0 Å². The molecule has 1 heterocycles. The van der Waals surface area contributed by atoms with Gasteiger partial charge in [-0.1, -0.05) is 60.7 Å². The maximum atomic E-state index is 6.01. The summed E-state index contributed by atoms with van der Waals surface area (Å²) in [5, 5.41) is 2.45. The first-order valence-corrected chi connectivity index (χ1v) is 9.15. The summed E-state index contributed by atoms with van der Waals surface area (Å²) < 4.78 is 6.01. The fourth-order valence-corrected chi connectivity index (χ4v) is 4.13. The minimum absolute atomic E-state index is 0.0342. The van der Waals surface area contributed by atoms with Crippen LogP contribution in [-0.2, 0) is 16.7 Å². The molecule has 128 valence electrons. The van der Waals surface area contributed by atoms with Crippen molar-refractivity contribution in [2.45, 2.75) is 50.7 Å². The van der Waals surface area contributed by atoms with Crippen molar-refractivity contribution in [3.8, 4) is 0 Å². The largest absolute Gasteiger partial charge is 0.376 e. The molecule has 1 aliphatic heterocycles. The van der Waals surface area contributed by atoms with Crippen LogP contribution in [0.25, 0.3) is 0 Å². The van der Waals surface area contributed by atoms with E-state index in [9.17, 15) is 0 Å². The van der Waals surface area contributed by atoms with Gasteiger partial charge in [0.2, 0.25) is 0 Å². The van der Waals surface area contributed by atoms with Gasteiger partial charge in [-0.15, -0.1) is 0 Å². The van der Waals surface area contributed by atoms with E-state index in [0.717, 1.165) is 32.5 Å². The second-order valence-corrected chi connectivity index (χ2v) is 7.70. The first-order valence-electron chi connectivity index (χ1n) is 9.15. The van der Waals surface area contributed by atoms with Gasteiger partial charge in [0.15, 0.2) is 0 Å². The number of quaternary nitrogens is 1. The Morgan fingerprint density at radius 1 is 0.958 bits per heavy atom. The van der Waals surface area contributed by atoms with Crippen LogP contribution in [0.5, 0.6) is 0 Å². The van der Waals surface area contributed by atoms with Gasteiger partial charge in [0, 0.05) is 24.0 Å². The smallest absolute Gasteiger partial charge is 0.101 e. The Labute approximate surface area is 146 Å². The fraction of sp³-hybridized carbons (Fsp3) is 0.455. The highest BCUT2D eigenvalue weighted by Crippen LogP contribution is 2.43. The summed E-state index contributed by atoms with van der Waals surface area (Å²) in [6.45, 7) is 7.54. The highest BCUT2D eigenvalue weighted by atomic mass is 16.5. The first kappa shape index (κ1) is 17.2. The van der Waals surface area contributed by atoms with Crippen LogP contribution in [0.4, 0.5) is 0 Å². The van der Waals surface area contributed by atoms with Crippen LogP contribution in [0.15, 0.2) is 60.7 Å². The van der Waals surface area contributed by atoms with Crippen molar-refractivity contribution < 1.29 is 10.1 Å². The van der Waals surface area contributed by atoms with E-state index in [0.29, 0.717) is 0 Å². The van der Waals surface area contributed by atoms with Crippen LogP contribution in [0.2, 0.25) is 0 Å². The molecular weight excluding hydrogens is 294 g/mol. The van der Waals surface area contributed by atoms with Crippen molar-refractivity contribution in [2.24, 2.45) is 0 Å². The van der Waals surface area contributed by atoms with Crippen LogP contribution < -0.4 is 5.32 Å². The van der Waals surface area contributed by atoms with E-state index in [4.69, 9.17) is 4.74 Å². The van der Waals surface area contributed by atoms with Gasteiger partial charge in [0.25, 0.3) is 0 Å². The molecule has 0 saturated carbocycles. The van der Waals surface area contributed by atoms with E-state index in [2.05, 4.69) is 79.8 Å². The standard InChI is InChI=1S/C22H29NO/c1-21(2)18-22(14-16-24-21,20-11-7-4-8-12-20)13-15-23-17-19-9-5-3-6-10-19/h3-12,23H,13-18H2,1-2H3/p+1/t22-/m0/s1. The molecule has 2 heteroatoms. The molecule has 0 aromatic heterocycles. The van der Waals surface area contributed by atoms with Crippen LogP contribution in [-0.4, -0.2) is 18.8 Å². The fourth-order valence-electron chi connectivity index (χ4n) is 4.13. The van der Waals surface area contributed by atoms with E-state index in [-0.39, 0.29) is 11.0 Å². The van der Waals surface area contributed by atoms with Gasteiger partial charge >= 0.3 is 0 Å². The van der Waals surface area contributed by atoms with Gasteiger partial charge in [-0.2, -0.15) is 0 Å². The zero-order valence-corrected chi connectivity index (χ0v) is 15.0. The molecule has 2 aromatic rings. The number of rotatable bonds is 6. The summed E-state index contributed by atoms with van der Waals surface area (Å²) in [4.78, 5) is 0. The Morgan fingerprint density at radius 3 is 2.29 bits per heavy atom. The molecular formula is C22H30NO+. The van der Waals surface area contributed by atoms with Crippen molar-refractivity contribution in [1.82, 2.24) is 0 Å². The molecule has 2 aromatic carbocycles. The minimum Gasteiger partial charge on any atom is -0.376 e. The number of benzene rings is 2. The molecule has 0 amide bonds. The van der Waals surface area contributed by atoms with Gasteiger partial charge in [-0.3, -0.25) is 0 Å². The minimum atomic E-state index is -0.0342. The summed E-state index contributed by atoms with van der Waals surface area (Å²) in [6.07, 6.45) is 3.43. The maximum Gasteiger partial charge on any atom is 0.101 e. The predicted molar refractivity (Wildman–Crippen MR) is 98.9 cm³/mol. The lowest BCUT2D eigenvalue weighted by Gasteiger charge is -2.45. The third-order valence-electron chi connectivity index (χ3n) is 5.27. The van der Waals surface area contributed by atoms with Crippen molar-refractivity contribution in [3.05, 3.63) is 71.8 Å². The van der Waals surface area contributed by atoms with Gasteiger partial charge < -0.3 is 10.1 Å². The van der Waals surface area contributed by atoms with E-state index in [1.807, 2.05) is 0 Å². The molecule has 1 aliphatic rings. The Bertz CT molecular complexity index is 623. The molecule has 3 rings (SSSR count). The summed E-state index contributed by atoms with van der Waals surface area (Å²) in [5.74, 6) is 0. The Hall–Kier alpha value is -1.64. The molecule has 24 heavy (non-hydrogen) atoms. The zero-order chi connectivity index (χ0) is 16.9. The molecule has 1 atom stereocenters. The molecule has 2 nitrogen and oxygen atoms in total. The molecule has 0 bridgehead atoms. The van der Waals surface area contributed by atoms with Crippen LogP contribution in [0.1, 0.15) is 44.2 Å². The average Bonchev–Trinajstić information content (AvgIpc) is 2.60. The number of hydrogen-bond acceptors (Lipinski definition) is 1. The topological polar surface area (TPSA) is 25.8 Å². The third kappa shape index (κ3) is 4.25. The number of hydrogen-bond donors (Lipinski definition) is 1. The van der Waals surface area contributed by atoms with Gasteiger partial charge in [0.1, 0.15) is 6.54 Å². The van der Waals surface area contributed by atoms with Crippen molar-refractivity contribution >= 4 is 0 Å². The molecule has 0 aliphatic carbocycles. The quantitative estimate of drug-likeness (QED) is 0.806. The van der Waals surface area contributed by atoms with Gasteiger partial charge in [-0.05, 0) is 32.3 Å². The van der Waals surface area contributed by atoms with E-state index in [1.165, 1.54) is 17.5 Å². The second-order valence-electron chi connectivity index (χ2n) is 7.70. The number of ether oxygens (including phenoxy) is 1. The summed E-state index contributed by atoms with van der Waals surface area (Å²) in [6, 6.07) is 21.8. The van der Waals surface area contributed by atoms with Gasteiger partial charge in [-0.25, -0.2) is 0 Å². The maximum absolute atomic E-state index is 6.01. The summed E-state index contributed by atoms with van der Waals surface area (Å²) in [5.41, 5.74) is 3.09. The Balaban J connectivity index is 1.67. The van der Waals surface area contributed by atoms with E-state index in [1.54, 1.807) is 0 Å². The monoisotopic (exact) mass is 324 g/mol. The average molecular weight is 324 g/mol. The van der Waals surface area contributed by atoms with Crippen LogP contribution in [0, 0.1) is 0 Å². The van der Waals surface area contributed by atoms with Crippen LogP contribution >= 0.6 is 0 Å². The van der Waals surface area contributed by atoms with Crippen molar-refractivity contribution in [1.29, 1.82) is 0 Å². The number of nitrogens with two attached hydrogens (primary N) is 1. The molecule has 0 spiro atoms. The molecule has 1 fully saturated rings. The highest BCUT2D eigenvalue weighted by Gasteiger charge is 2.42. The lowest BCUT2D eigenvalue weighted by atomic mass is 9.67. The van der Waals surface area contributed by atoms with E-state index >= 15 is 0 Å². The first-order chi connectivity index (χ1) is 11.6. The van der Waals surface area contributed by atoms with Crippen molar-refractivity contribution in [3.63, 3.8) is 0 Å². The lowest BCUT2D eigenvalue weighted by Crippen LogP contribution is -2.83. The Morgan fingerprint density at radius 2 is 1.62 bits per heavy atom.